The van der Waals surface area contributed by atoms with E-state index in [1.807, 2.05) is 0 Å². The largest absolute Gasteiger partial charge is 0.360 e. The molecule has 1 aromatic heterocycles. The highest BCUT2D eigenvalue weighted by Gasteiger charge is 2.12. The summed E-state index contributed by atoms with van der Waals surface area (Å²) in [4.78, 5) is 15.0. The van der Waals surface area contributed by atoms with Gasteiger partial charge in [0, 0.05) is 22.8 Å². The minimum absolute atomic E-state index is 0.338. The number of carbonyl (C=O) groups excluding carboxylic acids is 1. The van der Waals surface area contributed by atoms with Crippen LogP contribution in [-0.4, -0.2) is 10.9 Å². The molecule has 0 radical (unpaired) electrons. The summed E-state index contributed by atoms with van der Waals surface area (Å²) in [5.41, 5.74) is 1.45. The van der Waals surface area contributed by atoms with Crippen LogP contribution in [0.1, 0.15) is 10.4 Å². The molecule has 1 amide bonds. The number of amides is 1. The number of H-pyrrole nitrogens is 1. The van der Waals surface area contributed by atoms with Crippen molar-refractivity contribution in [3.8, 4) is 0 Å². The summed E-state index contributed by atoms with van der Waals surface area (Å²) in [6.45, 7) is 0. The second kappa shape index (κ2) is 4.77. The quantitative estimate of drug-likeness (QED) is 0.734. The number of nitrogens with one attached hydrogen (secondary N) is 2. The maximum atomic E-state index is 13.1. The number of halogens is 2. The molecule has 2 aromatic carbocycles. The van der Waals surface area contributed by atoms with E-state index in [0.717, 1.165) is 0 Å². The molecule has 20 heavy (non-hydrogen) atoms. The molecule has 0 saturated heterocycles. The Morgan fingerprint density at radius 3 is 2.45 bits per heavy atom. The highest BCUT2D eigenvalue weighted by atomic mass is 19.1. The third-order valence-corrected chi connectivity index (χ3v) is 2.99. The minimum atomic E-state index is -0.371. The monoisotopic (exact) mass is 272 g/mol. The number of hydrogen-bond donors (Lipinski definition) is 2. The molecule has 0 aliphatic heterocycles. The van der Waals surface area contributed by atoms with Crippen LogP contribution in [0.15, 0.2) is 48.7 Å². The summed E-state index contributed by atoms with van der Waals surface area (Å²) in [6, 6.07) is 9.64. The molecule has 0 fully saturated rings. The van der Waals surface area contributed by atoms with E-state index < -0.39 is 0 Å². The Kier molecular flexibility index (Phi) is 2.95. The molecule has 0 bridgehead atoms. The van der Waals surface area contributed by atoms with Crippen molar-refractivity contribution in [1.29, 1.82) is 0 Å². The standard InChI is InChI=1S/C15H10F2N2O/c16-9-1-4-11(5-2-9)19-15(20)13-8-18-14-7-10(17)3-6-12(13)14/h1-8,18H,(H,19,20). The maximum Gasteiger partial charge on any atom is 0.257 e. The predicted octanol–water partition coefficient (Wildman–Crippen LogP) is 3.70. The third kappa shape index (κ3) is 2.25. The second-order valence-electron chi connectivity index (χ2n) is 4.35. The fourth-order valence-corrected chi connectivity index (χ4v) is 2.02. The van der Waals surface area contributed by atoms with Crippen molar-refractivity contribution >= 4 is 22.5 Å². The first kappa shape index (κ1) is 12.3. The summed E-state index contributed by atoms with van der Waals surface area (Å²) < 4.78 is 25.9. The van der Waals surface area contributed by atoms with E-state index in [1.165, 1.54) is 42.6 Å². The molecule has 0 aliphatic rings. The Morgan fingerprint density at radius 1 is 1.00 bits per heavy atom. The Morgan fingerprint density at radius 2 is 1.70 bits per heavy atom. The summed E-state index contributed by atoms with van der Waals surface area (Å²) in [5, 5.41) is 3.29. The van der Waals surface area contributed by atoms with Crippen molar-refractivity contribution in [2.45, 2.75) is 0 Å². The van der Waals surface area contributed by atoms with E-state index in [2.05, 4.69) is 10.3 Å². The highest BCUT2D eigenvalue weighted by molar-refractivity contribution is 6.12. The van der Waals surface area contributed by atoms with Crippen molar-refractivity contribution in [2.24, 2.45) is 0 Å². The molecule has 5 heteroatoms. The summed E-state index contributed by atoms with van der Waals surface area (Å²) >= 11 is 0. The van der Waals surface area contributed by atoms with Gasteiger partial charge in [-0.3, -0.25) is 4.79 Å². The van der Waals surface area contributed by atoms with Gasteiger partial charge in [-0.05, 0) is 42.5 Å². The second-order valence-corrected chi connectivity index (χ2v) is 4.35. The molecule has 3 rings (SSSR count). The molecule has 3 aromatic rings. The Labute approximate surface area is 113 Å². The molecule has 0 unspecified atom stereocenters. The summed E-state index contributed by atoms with van der Waals surface area (Å²) in [6.07, 6.45) is 1.52. The zero-order chi connectivity index (χ0) is 14.1. The lowest BCUT2D eigenvalue weighted by molar-refractivity contribution is 0.102. The van der Waals surface area contributed by atoms with Crippen LogP contribution in [0.2, 0.25) is 0 Å². The molecule has 0 spiro atoms. The number of aromatic nitrogens is 1. The summed E-state index contributed by atoms with van der Waals surface area (Å²) in [7, 11) is 0. The Balaban J connectivity index is 1.91. The molecule has 3 nitrogen and oxygen atoms in total. The summed E-state index contributed by atoms with van der Waals surface area (Å²) in [5.74, 6) is -1.08. The van der Waals surface area contributed by atoms with Gasteiger partial charge in [-0.2, -0.15) is 0 Å². The lowest BCUT2D eigenvalue weighted by Gasteiger charge is -2.04. The van der Waals surface area contributed by atoms with E-state index in [4.69, 9.17) is 0 Å². The van der Waals surface area contributed by atoms with E-state index in [9.17, 15) is 13.6 Å². The van der Waals surface area contributed by atoms with E-state index in [1.54, 1.807) is 6.07 Å². The Hall–Kier alpha value is -2.69. The number of benzene rings is 2. The SMILES string of the molecule is O=C(Nc1ccc(F)cc1)c1c[nH]c2cc(F)ccc12. The topological polar surface area (TPSA) is 44.9 Å². The third-order valence-electron chi connectivity index (χ3n) is 2.99. The van der Waals surface area contributed by atoms with Crippen molar-refractivity contribution < 1.29 is 13.6 Å². The van der Waals surface area contributed by atoms with Gasteiger partial charge in [0.2, 0.25) is 0 Å². The average molecular weight is 272 g/mol. The minimum Gasteiger partial charge on any atom is -0.360 e. The van der Waals surface area contributed by atoms with Gasteiger partial charge in [-0.1, -0.05) is 0 Å². The lowest BCUT2D eigenvalue weighted by Crippen LogP contribution is -2.11. The number of aromatic amines is 1. The van der Waals surface area contributed by atoms with E-state index >= 15 is 0 Å². The van der Waals surface area contributed by atoms with Gasteiger partial charge in [0.25, 0.3) is 5.91 Å². The van der Waals surface area contributed by atoms with Crippen molar-refractivity contribution in [1.82, 2.24) is 4.98 Å². The van der Waals surface area contributed by atoms with Crippen molar-refractivity contribution in [3.63, 3.8) is 0 Å². The van der Waals surface area contributed by atoms with Crippen LogP contribution in [-0.2, 0) is 0 Å². The number of hydrogen-bond acceptors (Lipinski definition) is 1. The highest BCUT2D eigenvalue weighted by Crippen LogP contribution is 2.20. The fraction of sp³-hybridized carbons (Fsp3) is 0. The zero-order valence-corrected chi connectivity index (χ0v) is 10.3. The van der Waals surface area contributed by atoms with Crippen LogP contribution in [0.4, 0.5) is 14.5 Å². The van der Waals surface area contributed by atoms with Gasteiger partial charge >= 0.3 is 0 Å². The maximum absolute atomic E-state index is 13.1. The first-order valence-corrected chi connectivity index (χ1v) is 5.97. The van der Waals surface area contributed by atoms with Crippen LogP contribution in [0, 0.1) is 11.6 Å². The molecule has 0 aliphatic carbocycles. The van der Waals surface area contributed by atoms with Gasteiger partial charge in [0.05, 0.1) is 5.56 Å². The van der Waals surface area contributed by atoms with Gasteiger partial charge in [0.15, 0.2) is 0 Å². The number of carbonyl (C=O) groups is 1. The zero-order valence-electron chi connectivity index (χ0n) is 10.3. The van der Waals surface area contributed by atoms with E-state index in [0.29, 0.717) is 22.2 Å². The average Bonchev–Trinajstić information content (AvgIpc) is 2.84. The normalized spacial score (nSPS) is 10.7. The molecule has 1 heterocycles. The van der Waals surface area contributed by atoms with Crippen LogP contribution in [0.25, 0.3) is 10.9 Å². The first-order chi connectivity index (χ1) is 9.63. The van der Waals surface area contributed by atoms with Crippen LogP contribution in [0.3, 0.4) is 0 Å². The molecular formula is C15H10F2N2O. The van der Waals surface area contributed by atoms with Crippen LogP contribution >= 0.6 is 0 Å². The number of rotatable bonds is 2. The predicted molar refractivity (Wildman–Crippen MR) is 72.6 cm³/mol. The molecule has 100 valence electrons. The fourth-order valence-electron chi connectivity index (χ4n) is 2.02. The number of anilines is 1. The molecular weight excluding hydrogens is 262 g/mol. The number of fused-ring (bicyclic) bond motifs is 1. The van der Waals surface area contributed by atoms with Crippen molar-refractivity contribution in [3.05, 3.63) is 65.9 Å². The van der Waals surface area contributed by atoms with Gasteiger partial charge in [0.1, 0.15) is 11.6 Å². The van der Waals surface area contributed by atoms with Gasteiger partial charge in [-0.25, -0.2) is 8.78 Å². The lowest BCUT2D eigenvalue weighted by atomic mass is 10.1. The smallest absolute Gasteiger partial charge is 0.257 e. The van der Waals surface area contributed by atoms with Gasteiger partial charge < -0.3 is 10.3 Å². The van der Waals surface area contributed by atoms with E-state index in [-0.39, 0.29) is 17.5 Å². The van der Waals surface area contributed by atoms with Crippen LogP contribution in [0.5, 0.6) is 0 Å². The molecule has 0 saturated carbocycles. The molecule has 0 atom stereocenters. The van der Waals surface area contributed by atoms with Crippen molar-refractivity contribution in [2.75, 3.05) is 5.32 Å². The molecule has 2 N–H and O–H groups in total. The van der Waals surface area contributed by atoms with Crippen LogP contribution < -0.4 is 5.32 Å². The first-order valence-electron chi connectivity index (χ1n) is 5.97. The Bertz CT molecular complexity index is 778. The van der Waals surface area contributed by atoms with Gasteiger partial charge in [-0.15, -0.1) is 0 Å².